The molecule has 0 aliphatic rings. The summed E-state index contributed by atoms with van der Waals surface area (Å²) in [6.07, 6.45) is 1.96. The van der Waals surface area contributed by atoms with Crippen LogP contribution in [-0.2, 0) is 0 Å². The molecule has 0 saturated carbocycles. The fourth-order valence-electron chi connectivity index (χ4n) is 2.55. The number of H-pyrrole nitrogens is 1. The highest BCUT2D eigenvalue weighted by molar-refractivity contribution is 14.1. The van der Waals surface area contributed by atoms with Crippen LogP contribution in [0.15, 0.2) is 47.3 Å². The first-order valence-corrected chi connectivity index (χ1v) is 9.72. The molecule has 1 N–H and O–H groups in total. The Kier molecular flexibility index (Phi) is 5.87. The maximum absolute atomic E-state index is 12.9. The van der Waals surface area contributed by atoms with Crippen molar-refractivity contribution in [2.45, 2.75) is 19.8 Å². The van der Waals surface area contributed by atoms with Gasteiger partial charge in [-0.25, -0.2) is 4.57 Å². The van der Waals surface area contributed by atoms with Crippen LogP contribution in [0.2, 0.25) is 0 Å². The third-order valence-corrected chi connectivity index (χ3v) is 4.87. The molecule has 0 aliphatic heterocycles. The molecule has 134 valence electrons. The summed E-state index contributed by atoms with van der Waals surface area (Å²) in [5.74, 6) is 0.125. The van der Waals surface area contributed by atoms with Crippen LogP contribution in [0.1, 0.15) is 30.1 Å². The lowest BCUT2D eigenvalue weighted by molar-refractivity contribution is 0.0953. The maximum Gasteiger partial charge on any atom is 0.269 e. The molecule has 0 saturated heterocycles. The molecule has 0 spiro atoms. The highest BCUT2D eigenvalue weighted by Crippen LogP contribution is 2.16. The lowest BCUT2D eigenvalue weighted by atomic mass is 10.2. The minimum atomic E-state index is -0.474. The number of benzene rings is 2. The first-order valence-electron chi connectivity index (χ1n) is 8.23. The molecule has 0 amide bonds. The number of carbonyl (C=O) groups is 1. The van der Waals surface area contributed by atoms with E-state index in [0.29, 0.717) is 28.8 Å². The molecule has 26 heavy (non-hydrogen) atoms. The molecule has 3 rings (SSSR count). The summed E-state index contributed by atoms with van der Waals surface area (Å²) >= 11 is 7.37. The van der Waals surface area contributed by atoms with Crippen LogP contribution >= 0.6 is 34.8 Å². The van der Waals surface area contributed by atoms with Gasteiger partial charge in [-0.15, -0.1) is 0 Å². The van der Waals surface area contributed by atoms with Gasteiger partial charge in [-0.1, -0.05) is 19.4 Å². The molecule has 3 aromatic rings. The van der Waals surface area contributed by atoms with Crippen molar-refractivity contribution in [3.63, 3.8) is 0 Å². The van der Waals surface area contributed by atoms with Gasteiger partial charge in [-0.05, 0) is 77.6 Å². The fourth-order valence-corrected chi connectivity index (χ4v) is 3.32. The third kappa shape index (κ3) is 3.88. The van der Waals surface area contributed by atoms with E-state index in [0.717, 1.165) is 21.0 Å². The number of halogens is 1. The molecule has 1 aromatic heterocycles. The van der Waals surface area contributed by atoms with Crippen molar-refractivity contribution in [3.05, 3.63) is 66.7 Å². The molecule has 0 radical (unpaired) electrons. The summed E-state index contributed by atoms with van der Waals surface area (Å²) in [5.41, 5.74) is 0.538. The number of carbonyl (C=O) groups excluding carboxylic acids is 1. The molecule has 0 fully saturated rings. The number of unbranched alkanes of at least 4 members (excludes halogenated alkanes) is 1. The van der Waals surface area contributed by atoms with Gasteiger partial charge < -0.3 is 9.72 Å². The molecule has 0 atom stereocenters. The van der Waals surface area contributed by atoms with E-state index < -0.39 is 11.5 Å². The average Bonchev–Trinajstić information content (AvgIpc) is 2.63. The van der Waals surface area contributed by atoms with E-state index in [1.54, 1.807) is 36.4 Å². The van der Waals surface area contributed by atoms with E-state index in [1.807, 2.05) is 6.07 Å². The second kappa shape index (κ2) is 8.13. The molecule has 0 aliphatic carbocycles. The second-order valence-electron chi connectivity index (χ2n) is 5.80. The van der Waals surface area contributed by atoms with Crippen LogP contribution in [0.25, 0.3) is 10.9 Å². The Morgan fingerprint density at radius 2 is 2.08 bits per heavy atom. The maximum atomic E-state index is 12.9. The summed E-state index contributed by atoms with van der Waals surface area (Å²) in [7, 11) is 0. The Bertz CT molecular complexity index is 1090. The molecule has 0 bridgehead atoms. The Hall–Kier alpha value is -2.00. The van der Waals surface area contributed by atoms with Crippen molar-refractivity contribution in [2.75, 3.05) is 6.61 Å². The fraction of sp³-hybridized carbons (Fsp3) is 0.211. The quantitative estimate of drug-likeness (QED) is 0.331. The van der Waals surface area contributed by atoms with E-state index in [4.69, 9.17) is 17.0 Å². The van der Waals surface area contributed by atoms with Crippen LogP contribution in [0.4, 0.5) is 0 Å². The van der Waals surface area contributed by atoms with Gasteiger partial charge in [-0.3, -0.25) is 9.59 Å². The molecular weight excluding hydrogens is 463 g/mol. The van der Waals surface area contributed by atoms with Gasteiger partial charge in [0.1, 0.15) is 5.75 Å². The van der Waals surface area contributed by atoms with Crippen molar-refractivity contribution in [1.82, 2.24) is 9.55 Å². The summed E-state index contributed by atoms with van der Waals surface area (Å²) in [4.78, 5) is 28.7. The van der Waals surface area contributed by atoms with Gasteiger partial charge in [0.2, 0.25) is 0 Å². The van der Waals surface area contributed by atoms with Crippen molar-refractivity contribution in [2.24, 2.45) is 0 Å². The second-order valence-corrected chi connectivity index (χ2v) is 7.43. The Morgan fingerprint density at radius 1 is 1.27 bits per heavy atom. The highest BCUT2D eigenvalue weighted by Gasteiger charge is 2.15. The van der Waals surface area contributed by atoms with Crippen LogP contribution in [0.3, 0.4) is 0 Å². The van der Waals surface area contributed by atoms with Crippen molar-refractivity contribution < 1.29 is 9.53 Å². The van der Waals surface area contributed by atoms with Gasteiger partial charge in [0.15, 0.2) is 4.77 Å². The van der Waals surface area contributed by atoms with Crippen molar-refractivity contribution in [1.29, 1.82) is 0 Å². The number of hydrogen-bond acceptors (Lipinski definition) is 4. The van der Waals surface area contributed by atoms with E-state index in [2.05, 4.69) is 34.5 Å². The molecule has 5 nitrogen and oxygen atoms in total. The SMILES string of the molecule is CCCCOc1cccc(C(=O)n2c(=S)[nH]c3ccc(I)cc3c2=O)c1. The van der Waals surface area contributed by atoms with E-state index in [-0.39, 0.29) is 4.77 Å². The number of nitrogens with one attached hydrogen (secondary N) is 1. The van der Waals surface area contributed by atoms with Gasteiger partial charge in [0, 0.05) is 9.13 Å². The zero-order chi connectivity index (χ0) is 18.7. The first-order chi connectivity index (χ1) is 12.5. The third-order valence-electron chi connectivity index (χ3n) is 3.91. The predicted octanol–water partition coefficient (Wildman–Crippen LogP) is 4.53. The van der Waals surface area contributed by atoms with Crippen molar-refractivity contribution in [3.8, 4) is 5.75 Å². The predicted molar refractivity (Wildman–Crippen MR) is 113 cm³/mol. The normalized spacial score (nSPS) is 10.8. The summed E-state index contributed by atoms with van der Waals surface area (Å²) in [5, 5.41) is 0.425. The largest absolute Gasteiger partial charge is 0.494 e. The number of aromatic amines is 1. The van der Waals surface area contributed by atoms with Crippen molar-refractivity contribution >= 4 is 51.6 Å². The summed E-state index contributed by atoms with van der Waals surface area (Å²) in [6, 6.07) is 12.2. The number of fused-ring (bicyclic) bond motifs is 1. The topological polar surface area (TPSA) is 64.1 Å². The lowest BCUT2D eigenvalue weighted by Gasteiger charge is -2.09. The number of nitrogens with zero attached hydrogens (tertiary/aromatic N) is 1. The van der Waals surface area contributed by atoms with Crippen LogP contribution in [0, 0.1) is 8.34 Å². The molecule has 1 heterocycles. The van der Waals surface area contributed by atoms with Gasteiger partial charge in [0.05, 0.1) is 17.5 Å². The Balaban J connectivity index is 2.04. The minimum absolute atomic E-state index is 0.0750. The average molecular weight is 480 g/mol. The molecule has 7 heteroatoms. The van der Waals surface area contributed by atoms with E-state index in [9.17, 15) is 9.59 Å². The minimum Gasteiger partial charge on any atom is -0.494 e. The number of hydrogen-bond donors (Lipinski definition) is 1. The Labute approximate surface area is 169 Å². The standard InChI is InChI=1S/C19H17IN2O3S/c1-2-3-9-25-14-6-4-5-12(10-14)17(23)22-18(24)15-11-13(20)7-8-16(15)21-19(22)26/h4-8,10-11H,2-3,9H2,1H3,(H,21,26). The van der Waals surface area contributed by atoms with Gasteiger partial charge in [-0.2, -0.15) is 0 Å². The molecule has 2 aromatic carbocycles. The van der Waals surface area contributed by atoms with E-state index >= 15 is 0 Å². The number of aromatic nitrogens is 2. The monoisotopic (exact) mass is 480 g/mol. The molecule has 0 unspecified atom stereocenters. The zero-order valence-electron chi connectivity index (χ0n) is 14.1. The summed E-state index contributed by atoms with van der Waals surface area (Å²) in [6.45, 7) is 2.67. The van der Waals surface area contributed by atoms with E-state index in [1.165, 1.54) is 0 Å². The first kappa shape index (κ1) is 18.8. The smallest absolute Gasteiger partial charge is 0.269 e. The lowest BCUT2D eigenvalue weighted by Crippen LogP contribution is -2.29. The number of rotatable bonds is 5. The Morgan fingerprint density at radius 3 is 2.85 bits per heavy atom. The summed E-state index contributed by atoms with van der Waals surface area (Å²) < 4.78 is 7.62. The highest BCUT2D eigenvalue weighted by atomic mass is 127. The number of ether oxygens (including phenoxy) is 1. The van der Waals surface area contributed by atoms with Gasteiger partial charge >= 0.3 is 0 Å². The van der Waals surface area contributed by atoms with Crippen LogP contribution in [-0.4, -0.2) is 22.1 Å². The van der Waals surface area contributed by atoms with Crippen LogP contribution in [0.5, 0.6) is 5.75 Å². The molecular formula is C19H17IN2O3S. The van der Waals surface area contributed by atoms with Gasteiger partial charge in [0.25, 0.3) is 11.5 Å². The zero-order valence-corrected chi connectivity index (χ0v) is 17.1. The van der Waals surface area contributed by atoms with Crippen LogP contribution < -0.4 is 10.3 Å².